The van der Waals surface area contributed by atoms with Crippen LogP contribution in [0.4, 0.5) is 5.69 Å². The number of benzene rings is 1. The molecule has 2 rings (SSSR count). The molecule has 18 heavy (non-hydrogen) atoms. The third kappa shape index (κ3) is 4.18. The molecule has 0 unspecified atom stereocenters. The van der Waals surface area contributed by atoms with Crippen LogP contribution >= 0.6 is 39.3 Å². The number of halogens is 2. The Morgan fingerprint density at radius 3 is 2.83 bits per heavy atom. The lowest BCUT2D eigenvalue weighted by Gasteiger charge is -2.20. The van der Waals surface area contributed by atoms with E-state index in [1.807, 2.05) is 23.9 Å². The Hall–Kier alpha value is -0.190. The number of carbonyl (C=O) groups is 1. The molecule has 1 amide bonds. The molecular weight excluding hydrogens is 334 g/mol. The topological polar surface area (TPSA) is 29.1 Å². The van der Waals surface area contributed by atoms with Gasteiger partial charge in [0.05, 0.1) is 5.02 Å². The fraction of sp³-hybridized carbons (Fsp3) is 0.462. The van der Waals surface area contributed by atoms with E-state index in [0.29, 0.717) is 17.4 Å². The van der Waals surface area contributed by atoms with Crippen LogP contribution in [0.15, 0.2) is 22.7 Å². The SMILES string of the molecule is O=C(CC1CCSCC1)Nc1ccc(Br)c(Cl)c1. The highest BCUT2D eigenvalue weighted by Crippen LogP contribution is 2.27. The second kappa shape index (κ2) is 6.83. The predicted molar refractivity (Wildman–Crippen MR) is 82.4 cm³/mol. The van der Waals surface area contributed by atoms with Crippen LogP contribution in [-0.2, 0) is 4.79 Å². The van der Waals surface area contributed by atoms with E-state index in [2.05, 4.69) is 21.2 Å². The van der Waals surface area contributed by atoms with Crippen molar-refractivity contribution in [2.24, 2.45) is 5.92 Å². The molecule has 0 aliphatic carbocycles. The fourth-order valence-electron chi connectivity index (χ4n) is 2.00. The highest BCUT2D eigenvalue weighted by atomic mass is 79.9. The van der Waals surface area contributed by atoms with Gasteiger partial charge in [-0.25, -0.2) is 0 Å². The number of hydrogen-bond acceptors (Lipinski definition) is 2. The molecule has 0 bridgehead atoms. The van der Waals surface area contributed by atoms with Gasteiger partial charge in [-0.3, -0.25) is 4.79 Å². The van der Waals surface area contributed by atoms with Gasteiger partial charge in [-0.05, 0) is 64.4 Å². The Balaban J connectivity index is 1.88. The molecule has 1 saturated heterocycles. The summed E-state index contributed by atoms with van der Waals surface area (Å²) in [5, 5.41) is 3.52. The Morgan fingerprint density at radius 2 is 2.17 bits per heavy atom. The first-order chi connectivity index (χ1) is 8.65. The van der Waals surface area contributed by atoms with E-state index in [-0.39, 0.29) is 5.91 Å². The monoisotopic (exact) mass is 347 g/mol. The summed E-state index contributed by atoms with van der Waals surface area (Å²) in [6, 6.07) is 5.46. The lowest BCUT2D eigenvalue weighted by molar-refractivity contribution is -0.117. The van der Waals surface area contributed by atoms with Crippen molar-refractivity contribution in [1.82, 2.24) is 0 Å². The lowest BCUT2D eigenvalue weighted by Crippen LogP contribution is -2.19. The normalized spacial score (nSPS) is 16.6. The zero-order chi connectivity index (χ0) is 13.0. The fourth-order valence-corrected chi connectivity index (χ4v) is 3.63. The molecule has 0 aromatic heterocycles. The molecule has 5 heteroatoms. The van der Waals surface area contributed by atoms with Crippen LogP contribution in [0, 0.1) is 5.92 Å². The Morgan fingerprint density at radius 1 is 1.44 bits per heavy atom. The molecule has 1 aromatic carbocycles. The minimum absolute atomic E-state index is 0.0882. The number of hydrogen-bond donors (Lipinski definition) is 1. The van der Waals surface area contributed by atoms with E-state index in [9.17, 15) is 4.79 Å². The number of anilines is 1. The molecule has 0 radical (unpaired) electrons. The highest BCUT2D eigenvalue weighted by molar-refractivity contribution is 9.10. The minimum Gasteiger partial charge on any atom is -0.326 e. The van der Waals surface area contributed by atoms with Crippen LogP contribution in [-0.4, -0.2) is 17.4 Å². The standard InChI is InChI=1S/C13H15BrClNOS/c14-11-2-1-10(8-12(11)15)16-13(17)7-9-3-5-18-6-4-9/h1-2,8-9H,3-7H2,(H,16,17). The van der Waals surface area contributed by atoms with Crippen molar-refractivity contribution in [2.45, 2.75) is 19.3 Å². The van der Waals surface area contributed by atoms with Crippen molar-refractivity contribution >= 4 is 50.9 Å². The maximum Gasteiger partial charge on any atom is 0.224 e. The number of rotatable bonds is 3. The van der Waals surface area contributed by atoms with Gasteiger partial charge < -0.3 is 5.32 Å². The predicted octanol–water partition coefficient (Wildman–Crippen LogP) is 4.57. The molecule has 1 aromatic rings. The summed E-state index contributed by atoms with van der Waals surface area (Å²) in [5.41, 5.74) is 0.762. The van der Waals surface area contributed by atoms with Gasteiger partial charge in [0, 0.05) is 16.6 Å². The second-order valence-corrected chi connectivity index (χ2v) is 6.92. The van der Waals surface area contributed by atoms with Gasteiger partial charge in [0.15, 0.2) is 0 Å². The van der Waals surface area contributed by atoms with Crippen LogP contribution < -0.4 is 5.32 Å². The van der Waals surface area contributed by atoms with Crippen LogP contribution in [0.2, 0.25) is 5.02 Å². The average molecular weight is 349 g/mol. The van der Waals surface area contributed by atoms with Crippen molar-refractivity contribution in [3.05, 3.63) is 27.7 Å². The van der Waals surface area contributed by atoms with Gasteiger partial charge >= 0.3 is 0 Å². The van der Waals surface area contributed by atoms with Crippen LogP contribution in [0.25, 0.3) is 0 Å². The van der Waals surface area contributed by atoms with Gasteiger partial charge in [0.2, 0.25) is 5.91 Å². The van der Waals surface area contributed by atoms with Crippen LogP contribution in [0.5, 0.6) is 0 Å². The van der Waals surface area contributed by atoms with Crippen molar-refractivity contribution in [3.8, 4) is 0 Å². The highest BCUT2D eigenvalue weighted by Gasteiger charge is 2.17. The maximum atomic E-state index is 11.9. The van der Waals surface area contributed by atoms with E-state index in [1.165, 1.54) is 11.5 Å². The maximum absolute atomic E-state index is 11.9. The Kier molecular flexibility index (Phi) is 5.39. The minimum atomic E-state index is 0.0882. The molecule has 0 spiro atoms. The lowest BCUT2D eigenvalue weighted by atomic mass is 9.98. The van der Waals surface area contributed by atoms with Gasteiger partial charge in [0.1, 0.15) is 0 Å². The summed E-state index contributed by atoms with van der Waals surface area (Å²) in [5.74, 6) is 2.99. The Labute approximate surface area is 125 Å². The quantitative estimate of drug-likeness (QED) is 0.866. The molecule has 98 valence electrons. The summed E-state index contributed by atoms with van der Waals surface area (Å²) in [7, 11) is 0. The van der Waals surface area contributed by atoms with Gasteiger partial charge in [-0.15, -0.1) is 0 Å². The third-order valence-electron chi connectivity index (χ3n) is 3.02. The van der Waals surface area contributed by atoms with E-state index < -0.39 is 0 Å². The van der Waals surface area contributed by atoms with E-state index in [1.54, 1.807) is 6.07 Å². The zero-order valence-corrected chi connectivity index (χ0v) is 13.1. The molecule has 1 N–H and O–H groups in total. The number of amides is 1. The summed E-state index contributed by atoms with van der Waals surface area (Å²) in [6.45, 7) is 0. The largest absolute Gasteiger partial charge is 0.326 e. The van der Waals surface area contributed by atoms with Gasteiger partial charge in [-0.2, -0.15) is 11.8 Å². The van der Waals surface area contributed by atoms with Crippen molar-refractivity contribution < 1.29 is 4.79 Å². The van der Waals surface area contributed by atoms with Gasteiger partial charge in [-0.1, -0.05) is 11.6 Å². The van der Waals surface area contributed by atoms with Crippen LogP contribution in [0.3, 0.4) is 0 Å². The molecule has 1 heterocycles. The molecule has 1 aliphatic rings. The van der Waals surface area contributed by atoms with Crippen molar-refractivity contribution in [1.29, 1.82) is 0 Å². The Bertz CT molecular complexity index is 435. The first-order valence-corrected chi connectivity index (χ1v) is 8.30. The number of carbonyl (C=O) groups excluding carboxylic acids is 1. The zero-order valence-electron chi connectivity index (χ0n) is 9.92. The number of nitrogens with one attached hydrogen (secondary N) is 1. The third-order valence-corrected chi connectivity index (χ3v) is 5.30. The van der Waals surface area contributed by atoms with Crippen LogP contribution in [0.1, 0.15) is 19.3 Å². The van der Waals surface area contributed by atoms with E-state index in [4.69, 9.17) is 11.6 Å². The summed E-state index contributed by atoms with van der Waals surface area (Å²) in [4.78, 5) is 11.9. The molecule has 0 saturated carbocycles. The number of thioether (sulfide) groups is 1. The first-order valence-electron chi connectivity index (χ1n) is 5.98. The summed E-state index contributed by atoms with van der Waals surface area (Å²) in [6.07, 6.45) is 2.92. The molecular formula is C13H15BrClNOS. The van der Waals surface area contributed by atoms with E-state index >= 15 is 0 Å². The molecule has 1 aliphatic heterocycles. The molecule has 1 fully saturated rings. The van der Waals surface area contributed by atoms with Crippen molar-refractivity contribution in [3.63, 3.8) is 0 Å². The van der Waals surface area contributed by atoms with E-state index in [0.717, 1.165) is 23.0 Å². The van der Waals surface area contributed by atoms with Crippen molar-refractivity contribution in [2.75, 3.05) is 16.8 Å². The summed E-state index contributed by atoms with van der Waals surface area (Å²) >= 11 is 11.3. The van der Waals surface area contributed by atoms with Gasteiger partial charge in [0.25, 0.3) is 0 Å². The smallest absolute Gasteiger partial charge is 0.224 e. The molecule has 2 nitrogen and oxygen atoms in total. The summed E-state index contributed by atoms with van der Waals surface area (Å²) < 4.78 is 0.839. The first kappa shape index (κ1) is 14.2. The second-order valence-electron chi connectivity index (χ2n) is 4.44. The average Bonchev–Trinajstić information content (AvgIpc) is 2.35. The molecule has 0 atom stereocenters.